The van der Waals surface area contributed by atoms with Gasteiger partial charge in [0.25, 0.3) is 0 Å². The molecule has 2 amide bonds. The van der Waals surface area contributed by atoms with Crippen molar-refractivity contribution in [3.8, 4) is 0 Å². The maximum atomic E-state index is 11.5. The van der Waals surface area contributed by atoms with Crippen LogP contribution in [0.3, 0.4) is 0 Å². The van der Waals surface area contributed by atoms with Crippen LogP contribution >= 0.6 is 0 Å². The van der Waals surface area contributed by atoms with E-state index in [0.717, 1.165) is 0 Å². The van der Waals surface area contributed by atoms with Gasteiger partial charge >= 0.3 is 18.0 Å². The number of amides is 2. The summed E-state index contributed by atoms with van der Waals surface area (Å²) in [6, 6.07) is -2.00. The molecule has 0 bridgehead atoms. The highest BCUT2D eigenvalue weighted by Gasteiger charge is 2.31. The summed E-state index contributed by atoms with van der Waals surface area (Å²) in [6.07, 6.45) is 0. The van der Waals surface area contributed by atoms with Crippen LogP contribution in [0.2, 0.25) is 0 Å². The van der Waals surface area contributed by atoms with Crippen LogP contribution < -0.4 is 5.32 Å². The van der Waals surface area contributed by atoms with Crippen molar-refractivity contribution in [1.29, 1.82) is 0 Å². The highest BCUT2D eigenvalue weighted by Crippen LogP contribution is 1.95. The van der Waals surface area contributed by atoms with Crippen molar-refractivity contribution < 1.29 is 23.9 Å². The van der Waals surface area contributed by atoms with E-state index < -0.39 is 24.0 Å². The van der Waals surface area contributed by atoms with E-state index in [0.29, 0.717) is 0 Å². The fourth-order valence-corrected chi connectivity index (χ4v) is 0.918. The van der Waals surface area contributed by atoms with Crippen molar-refractivity contribution in [2.75, 3.05) is 27.3 Å². The van der Waals surface area contributed by atoms with E-state index in [-0.39, 0.29) is 13.2 Å². The van der Waals surface area contributed by atoms with Crippen LogP contribution in [0.4, 0.5) is 4.79 Å². The van der Waals surface area contributed by atoms with Gasteiger partial charge in [-0.1, -0.05) is 0 Å². The van der Waals surface area contributed by atoms with Gasteiger partial charge in [-0.05, 0) is 13.8 Å². The molecule has 0 aliphatic heterocycles. The van der Waals surface area contributed by atoms with Gasteiger partial charge in [0.05, 0.1) is 13.2 Å². The Morgan fingerprint density at radius 3 is 1.76 bits per heavy atom. The first-order valence-corrected chi connectivity index (χ1v) is 5.25. The lowest BCUT2D eigenvalue weighted by Gasteiger charge is -2.18. The summed E-state index contributed by atoms with van der Waals surface area (Å²) >= 11 is 0. The Labute approximate surface area is 100 Å². The Kier molecular flexibility index (Phi) is 6.69. The lowest BCUT2D eigenvalue weighted by molar-refractivity contribution is -0.157. The van der Waals surface area contributed by atoms with Crippen LogP contribution in [0.5, 0.6) is 0 Å². The highest BCUT2D eigenvalue weighted by molar-refractivity contribution is 6.02. The number of hydrogen-bond donors (Lipinski definition) is 1. The third kappa shape index (κ3) is 5.19. The number of urea groups is 1. The van der Waals surface area contributed by atoms with E-state index in [1.807, 2.05) is 0 Å². The van der Waals surface area contributed by atoms with Crippen molar-refractivity contribution in [3.63, 3.8) is 0 Å². The SMILES string of the molecule is CCOC(=O)C(NC(=O)N(C)C)C(=O)OCC. The normalized spacial score (nSPS) is 9.71. The summed E-state index contributed by atoms with van der Waals surface area (Å²) < 4.78 is 9.36. The maximum Gasteiger partial charge on any atom is 0.340 e. The smallest absolute Gasteiger partial charge is 0.340 e. The first-order chi connectivity index (χ1) is 7.93. The van der Waals surface area contributed by atoms with Crippen LogP contribution in [0, 0.1) is 0 Å². The summed E-state index contributed by atoms with van der Waals surface area (Å²) in [5, 5.41) is 2.22. The fourth-order valence-electron chi connectivity index (χ4n) is 0.918. The molecule has 0 atom stereocenters. The molecule has 0 spiro atoms. The molecule has 0 aliphatic carbocycles. The second-order valence-electron chi connectivity index (χ2n) is 3.28. The number of carbonyl (C=O) groups excluding carboxylic acids is 3. The monoisotopic (exact) mass is 246 g/mol. The van der Waals surface area contributed by atoms with Crippen LogP contribution in [0.1, 0.15) is 13.8 Å². The zero-order chi connectivity index (χ0) is 13.4. The first kappa shape index (κ1) is 15.2. The zero-order valence-corrected chi connectivity index (χ0v) is 10.5. The summed E-state index contributed by atoms with van der Waals surface area (Å²) in [5.74, 6) is -1.66. The van der Waals surface area contributed by atoms with Crippen molar-refractivity contribution in [2.45, 2.75) is 19.9 Å². The number of nitrogens with zero attached hydrogens (tertiary/aromatic N) is 1. The molecule has 0 aromatic carbocycles. The van der Waals surface area contributed by atoms with Gasteiger partial charge in [-0.25, -0.2) is 14.4 Å². The van der Waals surface area contributed by atoms with Gasteiger partial charge in [0.15, 0.2) is 0 Å². The topological polar surface area (TPSA) is 84.9 Å². The fraction of sp³-hybridized carbons (Fsp3) is 0.700. The number of nitrogens with one attached hydrogen (secondary N) is 1. The first-order valence-electron chi connectivity index (χ1n) is 5.25. The van der Waals surface area contributed by atoms with Crippen molar-refractivity contribution >= 4 is 18.0 Å². The van der Waals surface area contributed by atoms with E-state index in [1.165, 1.54) is 19.0 Å². The minimum absolute atomic E-state index is 0.118. The van der Waals surface area contributed by atoms with Gasteiger partial charge in [0.2, 0.25) is 6.04 Å². The number of ether oxygens (including phenoxy) is 2. The summed E-state index contributed by atoms with van der Waals surface area (Å²) in [6.45, 7) is 3.45. The molecule has 7 nitrogen and oxygen atoms in total. The molecule has 0 aliphatic rings. The average Bonchev–Trinajstić information content (AvgIpc) is 2.25. The Morgan fingerprint density at radius 2 is 1.47 bits per heavy atom. The molecular formula is C10H18N2O5. The predicted molar refractivity (Wildman–Crippen MR) is 59.3 cm³/mol. The highest BCUT2D eigenvalue weighted by atomic mass is 16.6. The van der Waals surface area contributed by atoms with Gasteiger partial charge in [-0.3, -0.25) is 0 Å². The van der Waals surface area contributed by atoms with Gasteiger partial charge in [0, 0.05) is 14.1 Å². The molecule has 98 valence electrons. The van der Waals surface area contributed by atoms with E-state index >= 15 is 0 Å². The van der Waals surface area contributed by atoms with E-state index in [2.05, 4.69) is 14.8 Å². The minimum atomic E-state index is -1.43. The lowest BCUT2D eigenvalue weighted by Crippen LogP contribution is -2.51. The quantitative estimate of drug-likeness (QED) is 0.534. The standard InChI is InChI=1S/C10H18N2O5/c1-5-16-8(13)7(9(14)17-6-2)11-10(15)12(3)4/h7H,5-6H2,1-4H3,(H,11,15). The number of carbonyl (C=O) groups is 3. The summed E-state index contributed by atoms with van der Waals surface area (Å²) in [5.41, 5.74) is 0. The molecule has 0 radical (unpaired) electrons. The van der Waals surface area contributed by atoms with Crippen LogP contribution in [-0.2, 0) is 19.1 Å². The Hall–Kier alpha value is -1.79. The molecule has 0 saturated carbocycles. The zero-order valence-electron chi connectivity index (χ0n) is 10.5. The molecule has 17 heavy (non-hydrogen) atoms. The lowest BCUT2D eigenvalue weighted by atomic mass is 10.3. The molecule has 0 heterocycles. The molecule has 0 fully saturated rings. The van der Waals surface area contributed by atoms with Gasteiger partial charge in [-0.2, -0.15) is 0 Å². The molecular weight excluding hydrogens is 228 g/mol. The van der Waals surface area contributed by atoms with E-state index in [1.54, 1.807) is 13.8 Å². The largest absolute Gasteiger partial charge is 0.464 e. The van der Waals surface area contributed by atoms with E-state index in [4.69, 9.17) is 0 Å². The maximum absolute atomic E-state index is 11.5. The number of esters is 2. The Bertz CT molecular complexity index is 272. The summed E-state index contributed by atoms with van der Waals surface area (Å²) in [4.78, 5) is 35.5. The van der Waals surface area contributed by atoms with Crippen LogP contribution in [0.25, 0.3) is 0 Å². The molecule has 0 aromatic heterocycles. The molecule has 0 aromatic rings. The van der Waals surface area contributed by atoms with Crippen molar-refractivity contribution in [3.05, 3.63) is 0 Å². The van der Waals surface area contributed by atoms with Crippen LogP contribution in [-0.4, -0.2) is 56.2 Å². The van der Waals surface area contributed by atoms with Crippen LogP contribution in [0.15, 0.2) is 0 Å². The molecule has 0 rings (SSSR count). The second-order valence-corrected chi connectivity index (χ2v) is 3.28. The molecule has 0 unspecified atom stereocenters. The molecule has 0 saturated heterocycles. The van der Waals surface area contributed by atoms with Crippen molar-refractivity contribution in [2.24, 2.45) is 0 Å². The minimum Gasteiger partial charge on any atom is -0.464 e. The molecule has 7 heteroatoms. The van der Waals surface area contributed by atoms with E-state index in [9.17, 15) is 14.4 Å². The predicted octanol–water partition coefficient (Wildman–Crippen LogP) is -0.248. The van der Waals surface area contributed by atoms with Gasteiger partial charge in [-0.15, -0.1) is 0 Å². The van der Waals surface area contributed by atoms with Gasteiger partial charge in [0.1, 0.15) is 0 Å². The Balaban J connectivity index is 4.67. The third-order valence-corrected chi connectivity index (χ3v) is 1.72. The number of hydrogen-bond acceptors (Lipinski definition) is 5. The number of rotatable bonds is 5. The second kappa shape index (κ2) is 7.48. The Morgan fingerprint density at radius 1 is 1.06 bits per heavy atom. The summed E-state index contributed by atoms with van der Waals surface area (Å²) in [7, 11) is 2.98. The third-order valence-electron chi connectivity index (χ3n) is 1.72. The molecule has 1 N–H and O–H groups in total. The van der Waals surface area contributed by atoms with Crippen molar-refractivity contribution in [1.82, 2.24) is 10.2 Å². The van der Waals surface area contributed by atoms with Gasteiger partial charge < -0.3 is 19.7 Å². The average molecular weight is 246 g/mol.